The Morgan fingerprint density at radius 3 is 2.56 bits per heavy atom. The molecule has 0 atom stereocenters. The summed E-state index contributed by atoms with van der Waals surface area (Å²) < 4.78 is 27.4. The van der Waals surface area contributed by atoms with Gasteiger partial charge in [-0.15, -0.1) is 0 Å². The van der Waals surface area contributed by atoms with Crippen molar-refractivity contribution < 1.29 is 13.6 Å². The molecule has 0 saturated heterocycles. The molecular weight excluding hydrogens is 238 g/mol. The quantitative estimate of drug-likeness (QED) is 0.810. The van der Waals surface area contributed by atoms with Crippen LogP contribution in [0, 0.1) is 0 Å². The number of carbonyl (C=O) groups excluding carboxylic acids is 1. The first-order valence-corrected chi connectivity index (χ1v) is 6.01. The Hall–Kier alpha value is -1.49. The zero-order valence-corrected chi connectivity index (χ0v) is 9.96. The third-order valence-electron chi connectivity index (χ3n) is 2.77. The van der Waals surface area contributed by atoms with E-state index in [1.165, 1.54) is 12.1 Å². The number of alkyl halides is 2. The minimum Gasteiger partial charge on any atom is -0.352 e. The summed E-state index contributed by atoms with van der Waals surface area (Å²) in [5, 5.41) is 5.23. The van der Waals surface area contributed by atoms with Crippen molar-refractivity contribution in [2.24, 2.45) is 0 Å². The number of hydrogen-bond donors (Lipinski definition) is 2. The minimum absolute atomic E-state index is 0.0416. The Kier molecular flexibility index (Phi) is 3.91. The lowest BCUT2D eigenvalue weighted by atomic mass is 10.1. The number of nitrogens with one attached hydrogen (secondary N) is 2. The van der Waals surface area contributed by atoms with Crippen molar-refractivity contribution in [1.29, 1.82) is 0 Å². The van der Waals surface area contributed by atoms with Gasteiger partial charge in [-0.25, -0.2) is 0 Å². The smallest absolute Gasteiger partial charge is 0.285 e. The van der Waals surface area contributed by atoms with Crippen LogP contribution in [-0.2, 0) is 10.7 Å². The number of halogens is 2. The predicted octanol–water partition coefficient (Wildman–Crippen LogP) is 1.65. The number of rotatable bonds is 6. The molecule has 0 heterocycles. The predicted molar refractivity (Wildman–Crippen MR) is 64.4 cm³/mol. The van der Waals surface area contributed by atoms with Gasteiger partial charge in [0.05, 0.1) is 13.1 Å². The summed E-state index contributed by atoms with van der Waals surface area (Å²) in [6.45, 7) is -0.603. The van der Waals surface area contributed by atoms with Crippen molar-refractivity contribution in [2.75, 3.05) is 13.1 Å². The topological polar surface area (TPSA) is 41.1 Å². The second-order valence-electron chi connectivity index (χ2n) is 4.52. The monoisotopic (exact) mass is 254 g/mol. The van der Waals surface area contributed by atoms with Crippen LogP contribution in [0.5, 0.6) is 0 Å². The minimum atomic E-state index is -2.96. The molecule has 1 fully saturated rings. The fraction of sp³-hybridized carbons (Fsp3) is 0.462. The Bertz CT molecular complexity index is 405. The summed E-state index contributed by atoms with van der Waals surface area (Å²) in [6.07, 6.45) is 1.98. The summed E-state index contributed by atoms with van der Waals surface area (Å²) >= 11 is 0. The van der Waals surface area contributed by atoms with Gasteiger partial charge in [0.1, 0.15) is 0 Å². The van der Waals surface area contributed by atoms with Crippen LogP contribution >= 0.6 is 0 Å². The molecular formula is C13H16F2N2O. The average Bonchev–Trinajstić information content (AvgIpc) is 3.14. The Morgan fingerprint density at radius 1 is 1.28 bits per heavy atom. The molecule has 1 amide bonds. The van der Waals surface area contributed by atoms with Crippen molar-refractivity contribution in [3.63, 3.8) is 0 Å². The van der Waals surface area contributed by atoms with Crippen LogP contribution in [0.4, 0.5) is 8.78 Å². The molecule has 5 heteroatoms. The van der Waals surface area contributed by atoms with Gasteiger partial charge in [-0.05, 0) is 12.8 Å². The van der Waals surface area contributed by atoms with Gasteiger partial charge in [0.25, 0.3) is 5.92 Å². The molecule has 1 saturated carbocycles. The first kappa shape index (κ1) is 13.0. The van der Waals surface area contributed by atoms with E-state index in [4.69, 9.17) is 0 Å². The van der Waals surface area contributed by atoms with E-state index < -0.39 is 12.5 Å². The number of carbonyl (C=O) groups is 1. The second kappa shape index (κ2) is 5.44. The van der Waals surface area contributed by atoms with Crippen molar-refractivity contribution in [3.8, 4) is 0 Å². The molecule has 2 rings (SSSR count). The Morgan fingerprint density at radius 2 is 1.94 bits per heavy atom. The van der Waals surface area contributed by atoms with Gasteiger partial charge in [0, 0.05) is 11.6 Å². The standard InChI is InChI=1S/C13H16F2N2O/c14-13(15,10-4-2-1-3-5-10)9-16-8-12(18)17-11-6-7-11/h1-5,11,16H,6-9H2,(H,17,18). The molecule has 0 radical (unpaired) electrons. The van der Waals surface area contributed by atoms with Crippen LogP contribution in [0.3, 0.4) is 0 Å². The summed E-state index contributed by atoms with van der Waals surface area (Å²) in [5.74, 6) is -3.18. The fourth-order valence-corrected chi connectivity index (χ4v) is 1.62. The highest BCUT2D eigenvalue weighted by Gasteiger charge is 2.31. The van der Waals surface area contributed by atoms with E-state index in [1.807, 2.05) is 0 Å². The third kappa shape index (κ3) is 3.77. The molecule has 1 aliphatic carbocycles. The van der Waals surface area contributed by atoms with E-state index in [-0.39, 0.29) is 24.1 Å². The molecule has 18 heavy (non-hydrogen) atoms. The van der Waals surface area contributed by atoms with Gasteiger partial charge < -0.3 is 10.6 Å². The molecule has 0 unspecified atom stereocenters. The fourth-order valence-electron chi connectivity index (χ4n) is 1.62. The third-order valence-corrected chi connectivity index (χ3v) is 2.77. The van der Waals surface area contributed by atoms with Crippen molar-refractivity contribution in [3.05, 3.63) is 35.9 Å². The SMILES string of the molecule is O=C(CNCC(F)(F)c1ccccc1)NC1CC1. The lowest BCUT2D eigenvalue weighted by Crippen LogP contribution is -2.39. The molecule has 98 valence electrons. The van der Waals surface area contributed by atoms with E-state index in [0.717, 1.165) is 12.8 Å². The van der Waals surface area contributed by atoms with E-state index in [1.54, 1.807) is 18.2 Å². The highest BCUT2D eigenvalue weighted by atomic mass is 19.3. The number of benzene rings is 1. The molecule has 1 aromatic carbocycles. The zero-order valence-electron chi connectivity index (χ0n) is 9.96. The molecule has 0 aliphatic heterocycles. The van der Waals surface area contributed by atoms with Gasteiger partial charge in [-0.2, -0.15) is 8.78 Å². The highest BCUT2D eigenvalue weighted by Crippen LogP contribution is 2.26. The van der Waals surface area contributed by atoms with E-state index >= 15 is 0 Å². The highest BCUT2D eigenvalue weighted by molar-refractivity contribution is 5.78. The molecule has 0 spiro atoms. The van der Waals surface area contributed by atoms with Crippen LogP contribution < -0.4 is 10.6 Å². The van der Waals surface area contributed by atoms with E-state index in [0.29, 0.717) is 0 Å². The van der Waals surface area contributed by atoms with Crippen LogP contribution in [0.15, 0.2) is 30.3 Å². The van der Waals surface area contributed by atoms with Gasteiger partial charge in [0.2, 0.25) is 5.91 Å². The maximum atomic E-state index is 13.7. The second-order valence-corrected chi connectivity index (χ2v) is 4.52. The van der Waals surface area contributed by atoms with Gasteiger partial charge in [-0.3, -0.25) is 4.79 Å². The van der Waals surface area contributed by atoms with Crippen molar-refractivity contribution in [1.82, 2.24) is 10.6 Å². The largest absolute Gasteiger partial charge is 0.352 e. The number of hydrogen-bond acceptors (Lipinski definition) is 2. The van der Waals surface area contributed by atoms with Crippen LogP contribution in [0.2, 0.25) is 0 Å². The molecule has 0 aromatic heterocycles. The summed E-state index contributed by atoms with van der Waals surface area (Å²) in [7, 11) is 0. The molecule has 0 bridgehead atoms. The van der Waals surface area contributed by atoms with E-state index in [2.05, 4.69) is 10.6 Å². The van der Waals surface area contributed by atoms with Crippen LogP contribution in [-0.4, -0.2) is 25.0 Å². The maximum Gasteiger partial charge on any atom is 0.285 e. The van der Waals surface area contributed by atoms with Crippen molar-refractivity contribution in [2.45, 2.75) is 24.8 Å². The summed E-state index contributed by atoms with van der Waals surface area (Å²) in [6, 6.07) is 7.86. The lowest BCUT2D eigenvalue weighted by Gasteiger charge is -2.17. The molecule has 2 N–H and O–H groups in total. The molecule has 1 aliphatic rings. The first-order valence-electron chi connectivity index (χ1n) is 6.01. The van der Waals surface area contributed by atoms with Crippen LogP contribution in [0.1, 0.15) is 18.4 Å². The molecule has 1 aromatic rings. The van der Waals surface area contributed by atoms with Crippen molar-refractivity contribution >= 4 is 5.91 Å². The van der Waals surface area contributed by atoms with Gasteiger partial charge >= 0.3 is 0 Å². The summed E-state index contributed by atoms with van der Waals surface area (Å²) in [5.41, 5.74) is -0.0416. The van der Waals surface area contributed by atoms with Gasteiger partial charge in [-0.1, -0.05) is 30.3 Å². The average molecular weight is 254 g/mol. The molecule has 3 nitrogen and oxygen atoms in total. The van der Waals surface area contributed by atoms with E-state index in [9.17, 15) is 13.6 Å². The zero-order chi connectivity index (χ0) is 13.0. The maximum absolute atomic E-state index is 13.7. The summed E-state index contributed by atoms with van der Waals surface area (Å²) in [4.78, 5) is 11.3. The Balaban J connectivity index is 1.76. The first-order chi connectivity index (χ1) is 8.58. The lowest BCUT2D eigenvalue weighted by molar-refractivity contribution is -0.120. The van der Waals surface area contributed by atoms with Crippen LogP contribution in [0.25, 0.3) is 0 Å². The normalized spacial score (nSPS) is 15.4. The Labute approximate surface area is 105 Å². The number of amides is 1. The van der Waals surface area contributed by atoms with Gasteiger partial charge in [0.15, 0.2) is 0 Å².